The topological polar surface area (TPSA) is 35.5 Å². The Kier molecular flexibility index (Phi) is 12.6. The van der Waals surface area contributed by atoms with Crippen LogP contribution in [0.15, 0.2) is 42.5 Å². The number of aryl methyl sites for hydroxylation is 2. The molecule has 0 aliphatic heterocycles. The maximum Gasteiger partial charge on any atom is 0.519 e. The van der Waals surface area contributed by atoms with Crippen molar-refractivity contribution >= 4 is 6.16 Å². The highest BCUT2D eigenvalue weighted by atomic mass is 16.7. The fraction of sp³-hybridized carbons (Fsp3) is 0.552. The summed E-state index contributed by atoms with van der Waals surface area (Å²) in [5.41, 5.74) is 3.54. The van der Waals surface area contributed by atoms with Crippen molar-refractivity contribution in [1.29, 1.82) is 0 Å². The molecule has 0 atom stereocenters. The fourth-order valence-corrected chi connectivity index (χ4v) is 4.07. The van der Waals surface area contributed by atoms with Crippen molar-refractivity contribution in [1.82, 2.24) is 0 Å². The van der Waals surface area contributed by atoms with E-state index in [9.17, 15) is 4.79 Å². The minimum Gasteiger partial charge on any atom is -0.394 e. The number of carbonyl (C=O) groups is 1. The Morgan fingerprint density at radius 2 is 1.16 bits per heavy atom. The van der Waals surface area contributed by atoms with Crippen molar-refractivity contribution in [2.24, 2.45) is 0 Å². The summed E-state index contributed by atoms with van der Waals surface area (Å²) in [6, 6.07) is 13.9. The van der Waals surface area contributed by atoms with Gasteiger partial charge in [-0.15, -0.1) is 0 Å². The number of unbranched alkanes of at least 4 members (excludes halogenated alkanes) is 7. The SMILES string of the molecule is CCCCCCc1cccc(OC(=O)Oc2ccccc2CCCC)c1CCCCCC. The first-order chi connectivity index (χ1) is 15.7. The van der Waals surface area contributed by atoms with Gasteiger partial charge in [-0.3, -0.25) is 0 Å². The van der Waals surface area contributed by atoms with E-state index in [0.29, 0.717) is 11.5 Å². The lowest BCUT2D eigenvalue weighted by atomic mass is 9.96. The highest BCUT2D eigenvalue weighted by Crippen LogP contribution is 2.28. The van der Waals surface area contributed by atoms with Gasteiger partial charge >= 0.3 is 6.16 Å². The Morgan fingerprint density at radius 3 is 1.88 bits per heavy atom. The van der Waals surface area contributed by atoms with E-state index in [1.165, 1.54) is 56.1 Å². The second-order valence-corrected chi connectivity index (χ2v) is 8.68. The third kappa shape index (κ3) is 9.06. The molecule has 3 heteroatoms. The number of benzene rings is 2. The first-order valence-electron chi connectivity index (χ1n) is 12.8. The maximum atomic E-state index is 12.7. The summed E-state index contributed by atoms with van der Waals surface area (Å²) in [5.74, 6) is 1.26. The van der Waals surface area contributed by atoms with Crippen LogP contribution in [0, 0.1) is 0 Å². The van der Waals surface area contributed by atoms with Crippen molar-refractivity contribution < 1.29 is 14.3 Å². The van der Waals surface area contributed by atoms with Gasteiger partial charge in [0.15, 0.2) is 0 Å². The Labute approximate surface area is 195 Å². The standard InChI is InChI=1S/C29H42O3/c1-4-7-10-12-18-24-20-16-23-28(26(24)21-13-11-8-5-2)32-29(30)31-27-22-15-14-19-25(27)17-9-6-3/h14-16,19-20,22-23H,4-13,17-18,21H2,1-3H3. The predicted octanol–water partition coefficient (Wildman–Crippen LogP) is 8.85. The maximum absolute atomic E-state index is 12.7. The summed E-state index contributed by atoms with van der Waals surface area (Å²) in [7, 11) is 0. The van der Waals surface area contributed by atoms with E-state index in [1.807, 2.05) is 36.4 Å². The van der Waals surface area contributed by atoms with Crippen molar-refractivity contribution in [2.75, 3.05) is 0 Å². The van der Waals surface area contributed by atoms with Crippen LogP contribution >= 0.6 is 0 Å². The highest BCUT2D eigenvalue weighted by Gasteiger charge is 2.16. The lowest BCUT2D eigenvalue weighted by Crippen LogP contribution is -2.16. The molecule has 0 bridgehead atoms. The van der Waals surface area contributed by atoms with Gasteiger partial charge in [-0.1, -0.05) is 96.0 Å². The summed E-state index contributed by atoms with van der Waals surface area (Å²) in [4.78, 5) is 12.7. The van der Waals surface area contributed by atoms with E-state index in [-0.39, 0.29) is 0 Å². The molecule has 0 radical (unpaired) electrons. The smallest absolute Gasteiger partial charge is 0.394 e. The van der Waals surface area contributed by atoms with E-state index in [4.69, 9.17) is 9.47 Å². The summed E-state index contributed by atoms with van der Waals surface area (Å²) in [6.45, 7) is 6.62. The van der Waals surface area contributed by atoms with Crippen molar-refractivity contribution in [2.45, 2.75) is 104 Å². The normalized spacial score (nSPS) is 10.8. The van der Waals surface area contributed by atoms with Crippen LogP contribution in [0.2, 0.25) is 0 Å². The highest BCUT2D eigenvalue weighted by molar-refractivity contribution is 5.68. The van der Waals surface area contributed by atoms with Gasteiger partial charge in [0, 0.05) is 0 Å². The van der Waals surface area contributed by atoms with E-state index >= 15 is 0 Å². The van der Waals surface area contributed by atoms with Crippen LogP contribution in [0.3, 0.4) is 0 Å². The number of para-hydroxylation sites is 1. The lowest BCUT2D eigenvalue weighted by Gasteiger charge is -2.16. The number of hydrogen-bond donors (Lipinski definition) is 0. The van der Waals surface area contributed by atoms with E-state index in [2.05, 4.69) is 26.8 Å². The van der Waals surface area contributed by atoms with Crippen LogP contribution in [0.25, 0.3) is 0 Å². The van der Waals surface area contributed by atoms with Crippen LogP contribution in [-0.4, -0.2) is 6.16 Å². The average molecular weight is 439 g/mol. The second kappa shape index (κ2) is 15.5. The Bertz CT molecular complexity index is 797. The van der Waals surface area contributed by atoms with Crippen LogP contribution in [0.1, 0.15) is 102 Å². The van der Waals surface area contributed by atoms with Crippen LogP contribution in [-0.2, 0) is 19.3 Å². The minimum absolute atomic E-state index is 0.603. The molecule has 2 aromatic carbocycles. The summed E-state index contributed by atoms with van der Waals surface area (Å²) >= 11 is 0. The van der Waals surface area contributed by atoms with E-state index in [1.54, 1.807) is 0 Å². The molecule has 0 amide bonds. The Morgan fingerprint density at radius 1 is 0.594 bits per heavy atom. The molecule has 0 fully saturated rings. The van der Waals surface area contributed by atoms with E-state index in [0.717, 1.165) is 44.1 Å². The minimum atomic E-state index is -0.646. The molecule has 0 saturated heterocycles. The zero-order valence-electron chi connectivity index (χ0n) is 20.5. The summed E-state index contributed by atoms with van der Waals surface area (Å²) < 4.78 is 11.4. The average Bonchev–Trinajstić information content (AvgIpc) is 2.80. The second-order valence-electron chi connectivity index (χ2n) is 8.68. The van der Waals surface area contributed by atoms with Gasteiger partial charge in [-0.05, 0) is 67.3 Å². The number of rotatable bonds is 15. The van der Waals surface area contributed by atoms with Crippen LogP contribution in [0.4, 0.5) is 4.79 Å². The molecule has 2 aromatic rings. The molecule has 0 heterocycles. The molecule has 0 aliphatic carbocycles. The predicted molar refractivity (Wildman–Crippen MR) is 134 cm³/mol. The number of hydrogen-bond acceptors (Lipinski definition) is 3. The number of carbonyl (C=O) groups excluding carboxylic acids is 1. The quantitative estimate of drug-likeness (QED) is 0.158. The van der Waals surface area contributed by atoms with Gasteiger partial charge in [-0.2, -0.15) is 0 Å². The molecule has 0 unspecified atom stereocenters. The van der Waals surface area contributed by atoms with Gasteiger partial charge in [-0.25, -0.2) is 4.79 Å². The molecule has 176 valence electrons. The summed E-state index contributed by atoms with van der Waals surface area (Å²) in [6.07, 6.45) is 14.1. The molecule has 0 saturated carbocycles. The van der Waals surface area contributed by atoms with Gasteiger partial charge in [0.1, 0.15) is 11.5 Å². The molecule has 0 N–H and O–H groups in total. The molecule has 2 rings (SSSR count). The molecule has 0 aliphatic rings. The number of ether oxygens (including phenoxy) is 2. The van der Waals surface area contributed by atoms with Crippen molar-refractivity contribution in [3.63, 3.8) is 0 Å². The molecular formula is C29H42O3. The Hall–Kier alpha value is -2.29. The Balaban J connectivity index is 2.11. The third-order valence-corrected chi connectivity index (χ3v) is 5.97. The van der Waals surface area contributed by atoms with E-state index < -0.39 is 6.16 Å². The molecular weight excluding hydrogens is 396 g/mol. The molecule has 3 nitrogen and oxygen atoms in total. The fourth-order valence-electron chi connectivity index (χ4n) is 4.07. The zero-order chi connectivity index (χ0) is 23.0. The van der Waals surface area contributed by atoms with Crippen molar-refractivity contribution in [3.05, 3.63) is 59.2 Å². The molecule has 32 heavy (non-hydrogen) atoms. The zero-order valence-corrected chi connectivity index (χ0v) is 20.5. The largest absolute Gasteiger partial charge is 0.519 e. The van der Waals surface area contributed by atoms with Crippen LogP contribution in [0.5, 0.6) is 11.5 Å². The third-order valence-electron chi connectivity index (χ3n) is 5.97. The van der Waals surface area contributed by atoms with Crippen LogP contribution < -0.4 is 9.47 Å². The lowest BCUT2D eigenvalue weighted by molar-refractivity contribution is 0.151. The summed E-state index contributed by atoms with van der Waals surface area (Å²) in [5, 5.41) is 0. The first-order valence-corrected chi connectivity index (χ1v) is 12.8. The van der Waals surface area contributed by atoms with Gasteiger partial charge in [0.2, 0.25) is 0 Å². The monoisotopic (exact) mass is 438 g/mol. The molecule has 0 aromatic heterocycles. The molecule has 0 spiro atoms. The van der Waals surface area contributed by atoms with Crippen molar-refractivity contribution in [3.8, 4) is 11.5 Å². The van der Waals surface area contributed by atoms with Gasteiger partial charge in [0.25, 0.3) is 0 Å². The first kappa shape index (κ1) is 26.0. The van der Waals surface area contributed by atoms with Gasteiger partial charge < -0.3 is 9.47 Å². The van der Waals surface area contributed by atoms with Gasteiger partial charge in [0.05, 0.1) is 0 Å².